The van der Waals surface area contributed by atoms with Crippen molar-refractivity contribution in [2.24, 2.45) is 0 Å². The Kier molecular flexibility index (Phi) is 4.02. The molecule has 0 radical (unpaired) electrons. The number of nitrogens with one attached hydrogen (secondary N) is 1. The van der Waals surface area contributed by atoms with Crippen LogP contribution in [0, 0.1) is 12.7 Å². The molecule has 1 atom stereocenters. The predicted octanol–water partition coefficient (Wildman–Crippen LogP) is 3.69. The molecule has 5 nitrogen and oxygen atoms in total. The summed E-state index contributed by atoms with van der Waals surface area (Å²) in [4.78, 5) is 17.2. The van der Waals surface area contributed by atoms with Gasteiger partial charge in [0.1, 0.15) is 0 Å². The molecule has 5 rings (SSSR count). The van der Waals surface area contributed by atoms with Crippen LogP contribution in [-0.4, -0.2) is 27.0 Å². The number of fused-ring (bicyclic) bond motifs is 2. The third kappa shape index (κ3) is 2.81. The first kappa shape index (κ1) is 17.1. The highest BCUT2D eigenvalue weighted by atomic mass is 19.1. The van der Waals surface area contributed by atoms with Gasteiger partial charge in [-0.05, 0) is 61.5 Å². The maximum absolute atomic E-state index is 14.4. The number of rotatable bonds is 2. The topological polar surface area (TPSA) is 51.3 Å². The van der Waals surface area contributed by atoms with Crippen molar-refractivity contribution >= 4 is 16.4 Å². The van der Waals surface area contributed by atoms with Crippen LogP contribution in [-0.2, 0) is 0 Å². The lowest BCUT2D eigenvalue weighted by Gasteiger charge is -2.25. The van der Waals surface area contributed by atoms with E-state index in [1.165, 1.54) is 6.07 Å². The molecule has 28 heavy (non-hydrogen) atoms. The average molecular weight is 376 g/mol. The van der Waals surface area contributed by atoms with Crippen molar-refractivity contribution in [1.82, 2.24) is 19.3 Å². The summed E-state index contributed by atoms with van der Waals surface area (Å²) in [6.07, 6.45) is 7.65. The number of hydrogen-bond acceptors (Lipinski definition) is 3. The minimum atomic E-state index is -0.356. The largest absolute Gasteiger partial charge is 0.315 e. The van der Waals surface area contributed by atoms with Crippen LogP contribution >= 0.6 is 0 Å². The zero-order valence-electron chi connectivity index (χ0n) is 15.7. The Labute approximate surface area is 161 Å². The summed E-state index contributed by atoms with van der Waals surface area (Å²) < 4.78 is 18.0. The second kappa shape index (κ2) is 6.56. The summed E-state index contributed by atoms with van der Waals surface area (Å²) in [5.41, 5.74) is 2.75. The molecule has 1 aliphatic heterocycles. The van der Waals surface area contributed by atoms with Gasteiger partial charge < -0.3 is 14.3 Å². The van der Waals surface area contributed by atoms with Gasteiger partial charge in [0.15, 0.2) is 11.5 Å². The first-order chi connectivity index (χ1) is 13.6. The van der Waals surface area contributed by atoms with Crippen molar-refractivity contribution in [1.29, 1.82) is 0 Å². The van der Waals surface area contributed by atoms with Gasteiger partial charge in [0.05, 0.1) is 5.69 Å². The number of aromatic nitrogens is 3. The van der Waals surface area contributed by atoms with Crippen LogP contribution in [0.2, 0.25) is 0 Å². The second-order valence-corrected chi connectivity index (χ2v) is 7.52. The molecule has 1 aromatic carbocycles. The molecule has 3 aromatic heterocycles. The number of halogens is 1. The number of imidazole rings is 1. The highest BCUT2D eigenvalue weighted by Gasteiger charge is 2.17. The number of piperidine rings is 1. The summed E-state index contributed by atoms with van der Waals surface area (Å²) in [6, 6.07) is 9.36. The van der Waals surface area contributed by atoms with Gasteiger partial charge in [0.2, 0.25) is 0 Å². The zero-order valence-corrected chi connectivity index (χ0v) is 15.7. The molecule has 0 amide bonds. The van der Waals surface area contributed by atoms with Gasteiger partial charge in [-0.15, -0.1) is 0 Å². The van der Waals surface area contributed by atoms with Gasteiger partial charge in [-0.3, -0.25) is 4.79 Å². The van der Waals surface area contributed by atoms with E-state index in [1.54, 1.807) is 10.6 Å². The molecule has 1 N–H and O–H groups in total. The Morgan fingerprint density at radius 1 is 1.18 bits per heavy atom. The molecular formula is C22H21FN4O. The van der Waals surface area contributed by atoms with Gasteiger partial charge in [-0.25, -0.2) is 9.37 Å². The molecule has 0 bridgehead atoms. The van der Waals surface area contributed by atoms with E-state index >= 15 is 0 Å². The van der Waals surface area contributed by atoms with E-state index < -0.39 is 0 Å². The molecular weight excluding hydrogens is 355 g/mol. The second-order valence-electron chi connectivity index (χ2n) is 7.52. The molecule has 4 aromatic rings. The third-order valence-electron chi connectivity index (χ3n) is 5.56. The predicted molar refractivity (Wildman–Crippen MR) is 108 cm³/mol. The van der Waals surface area contributed by atoms with E-state index in [4.69, 9.17) is 0 Å². The first-order valence-electron chi connectivity index (χ1n) is 9.61. The van der Waals surface area contributed by atoms with Crippen molar-refractivity contribution < 1.29 is 4.39 Å². The number of pyridine rings is 2. The quantitative estimate of drug-likeness (QED) is 0.581. The minimum Gasteiger partial charge on any atom is -0.315 e. The smallest absolute Gasteiger partial charge is 0.258 e. The van der Waals surface area contributed by atoms with Crippen LogP contribution < -0.4 is 10.9 Å². The number of aryl methyl sites for hydroxylation is 1. The summed E-state index contributed by atoms with van der Waals surface area (Å²) in [5.74, 6) is -0.356. The molecule has 142 valence electrons. The van der Waals surface area contributed by atoms with Crippen LogP contribution in [0.5, 0.6) is 0 Å². The van der Waals surface area contributed by atoms with Crippen LogP contribution in [0.25, 0.3) is 27.5 Å². The minimum absolute atomic E-state index is 0.0321. The van der Waals surface area contributed by atoms with Crippen molar-refractivity contribution in [3.05, 3.63) is 70.8 Å². The molecule has 1 aliphatic rings. The molecule has 0 saturated carbocycles. The third-order valence-corrected chi connectivity index (χ3v) is 5.56. The lowest BCUT2D eigenvalue weighted by atomic mass is 10.0. The maximum Gasteiger partial charge on any atom is 0.258 e. The fourth-order valence-electron chi connectivity index (χ4n) is 4.14. The SMILES string of the molecule is Cc1cn2cc(-c3ccc4c(=O)n(C5CCCNC5)ccc4c3)cc(F)c2n1. The van der Waals surface area contributed by atoms with E-state index in [-0.39, 0.29) is 17.4 Å². The Morgan fingerprint density at radius 3 is 2.89 bits per heavy atom. The normalized spacial score (nSPS) is 17.4. The molecule has 6 heteroatoms. The van der Waals surface area contributed by atoms with Gasteiger partial charge in [0, 0.05) is 42.1 Å². The van der Waals surface area contributed by atoms with Gasteiger partial charge in [0.25, 0.3) is 5.56 Å². The summed E-state index contributed by atoms with van der Waals surface area (Å²) in [5, 5.41) is 4.92. The molecule has 4 heterocycles. The van der Waals surface area contributed by atoms with Crippen molar-refractivity contribution in [3.8, 4) is 11.1 Å². The van der Waals surface area contributed by atoms with Crippen molar-refractivity contribution in [3.63, 3.8) is 0 Å². The van der Waals surface area contributed by atoms with E-state index in [9.17, 15) is 9.18 Å². The van der Waals surface area contributed by atoms with Gasteiger partial charge in [-0.1, -0.05) is 6.07 Å². The van der Waals surface area contributed by atoms with Crippen molar-refractivity contribution in [2.75, 3.05) is 13.1 Å². The summed E-state index contributed by atoms with van der Waals surface area (Å²) in [7, 11) is 0. The van der Waals surface area contributed by atoms with E-state index in [1.807, 2.05) is 48.1 Å². The fraction of sp³-hybridized carbons (Fsp3) is 0.273. The fourth-order valence-corrected chi connectivity index (χ4v) is 4.14. The molecule has 1 fully saturated rings. The molecule has 0 aliphatic carbocycles. The van der Waals surface area contributed by atoms with Crippen molar-refractivity contribution in [2.45, 2.75) is 25.8 Å². The number of benzene rings is 1. The Balaban J connectivity index is 1.59. The van der Waals surface area contributed by atoms with E-state index in [0.717, 1.165) is 48.1 Å². The highest BCUT2D eigenvalue weighted by Crippen LogP contribution is 2.26. The average Bonchev–Trinajstić information content (AvgIpc) is 3.09. The monoisotopic (exact) mass is 376 g/mol. The standard InChI is InChI=1S/C22H21FN4O/c1-14-12-26-13-17(10-20(23)21(26)25-14)15-4-5-19-16(9-15)6-8-27(22(19)28)18-3-2-7-24-11-18/h4-6,8-10,12-13,18,24H,2-3,7,11H2,1H3. The Hall–Kier alpha value is -2.99. The molecule has 1 saturated heterocycles. The number of hydrogen-bond donors (Lipinski definition) is 1. The van der Waals surface area contributed by atoms with Gasteiger partial charge in [-0.2, -0.15) is 0 Å². The lowest BCUT2D eigenvalue weighted by Crippen LogP contribution is -2.36. The highest BCUT2D eigenvalue weighted by molar-refractivity contribution is 5.86. The first-order valence-corrected chi connectivity index (χ1v) is 9.61. The Bertz CT molecular complexity index is 1250. The van der Waals surface area contributed by atoms with Crippen LogP contribution in [0.15, 0.2) is 53.7 Å². The number of nitrogens with zero attached hydrogens (tertiary/aromatic N) is 3. The van der Waals surface area contributed by atoms with Gasteiger partial charge >= 0.3 is 0 Å². The lowest BCUT2D eigenvalue weighted by molar-refractivity contribution is 0.365. The van der Waals surface area contributed by atoms with Crippen LogP contribution in [0.1, 0.15) is 24.6 Å². The van der Waals surface area contributed by atoms with E-state index in [2.05, 4.69) is 10.3 Å². The maximum atomic E-state index is 14.4. The zero-order chi connectivity index (χ0) is 19.3. The Morgan fingerprint density at radius 2 is 2.07 bits per heavy atom. The summed E-state index contributed by atoms with van der Waals surface area (Å²) in [6.45, 7) is 3.68. The molecule has 1 unspecified atom stereocenters. The van der Waals surface area contributed by atoms with E-state index in [0.29, 0.717) is 11.0 Å². The molecule has 0 spiro atoms. The summed E-state index contributed by atoms with van der Waals surface area (Å²) >= 11 is 0. The van der Waals surface area contributed by atoms with Crippen LogP contribution in [0.4, 0.5) is 4.39 Å². The van der Waals surface area contributed by atoms with Crippen LogP contribution in [0.3, 0.4) is 0 Å².